The molecule has 2 N–H and O–H groups in total. The van der Waals surface area contributed by atoms with Crippen molar-refractivity contribution in [2.24, 2.45) is 0 Å². The van der Waals surface area contributed by atoms with Crippen LogP contribution in [0.25, 0.3) is 78.0 Å². The number of hydrogen-bond donors (Lipinski definition) is 2. The summed E-state index contributed by atoms with van der Waals surface area (Å²) >= 11 is 17.5. The standard InChI is InChI=1S/C21H12ClN3O.C12H9BO3.C9H5Cl2N3.CH4/c22-21-24-19(13-6-2-1-3-7-13)23-20(25-21)14-10-11-18-16(12-14)15-8-4-5-9-17(15)26-18;14-13(15)8-5-6-12-10(7-8)9-3-1-2-4-11(9)16-12;10-8-12-7(13-9(11)14-8)6-4-2-1-3-5-6;/h1-12H;1-7,14-15H;1-5H;1H4. The highest BCUT2D eigenvalue weighted by atomic mass is 35.5. The van der Waals surface area contributed by atoms with Gasteiger partial charge in [0.25, 0.3) is 0 Å². The summed E-state index contributed by atoms with van der Waals surface area (Å²) in [6.45, 7) is 0. The number of hydrogen-bond acceptors (Lipinski definition) is 10. The Labute approximate surface area is 341 Å². The van der Waals surface area contributed by atoms with Crippen LogP contribution in [0, 0.1) is 0 Å². The number of para-hydroxylation sites is 2. The molecule has 6 aromatic carbocycles. The summed E-state index contributed by atoms with van der Waals surface area (Å²) in [6, 6.07) is 45.9. The first kappa shape index (κ1) is 39.0. The van der Waals surface area contributed by atoms with Crippen molar-refractivity contribution in [3.63, 3.8) is 0 Å². The highest BCUT2D eigenvalue weighted by Gasteiger charge is 2.15. The van der Waals surface area contributed by atoms with Gasteiger partial charge in [0.1, 0.15) is 22.3 Å². The number of furan rings is 2. The first-order valence-corrected chi connectivity index (χ1v) is 18.2. The van der Waals surface area contributed by atoms with E-state index in [2.05, 4.69) is 29.9 Å². The minimum Gasteiger partial charge on any atom is -0.456 e. The summed E-state index contributed by atoms with van der Waals surface area (Å²) < 4.78 is 11.5. The molecule has 0 saturated heterocycles. The highest BCUT2D eigenvalue weighted by Crippen LogP contribution is 2.32. The van der Waals surface area contributed by atoms with Crippen molar-refractivity contribution in [3.05, 3.63) is 161 Å². The zero-order chi connectivity index (χ0) is 38.6. The summed E-state index contributed by atoms with van der Waals surface area (Å²) in [6.07, 6.45) is 0. The van der Waals surface area contributed by atoms with Crippen molar-refractivity contribution in [2.45, 2.75) is 7.43 Å². The molecular formula is C43H30BCl3N6O4. The number of nitrogens with zero attached hydrogens (tertiary/aromatic N) is 6. The average Bonchev–Trinajstić information content (AvgIpc) is 3.79. The van der Waals surface area contributed by atoms with E-state index in [9.17, 15) is 0 Å². The molecule has 0 radical (unpaired) electrons. The van der Waals surface area contributed by atoms with Gasteiger partial charge >= 0.3 is 7.12 Å². The second-order valence-electron chi connectivity index (χ2n) is 12.2. The summed E-state index contributed by atoms with van der Waals surface area (Å²) in [5.74, 6) is 1.57. The van der Waals surface area contributed by atoms with Crippen molar-refractivity contribution >= 4 is 91.3 Å². The van der Waals surface area contributed by atoms with Crippen LogP contribution in [0.2, 0.25) is 15.9 Å². The van der Waals surface area contributed by atoms with Crippen LogP contribution in [-0.4, -0.2) is 47.1 Å². The van der Waals surface area contributed by atoms with Gasteiger partial charge in [-0.25, -0.2) is 4.98 Å². The van der Waals surface area contributed by atoms with Gasteiger partial charge in [-0.15, -0.1) is 0 Å². The molecule has 280 valence electrons. The van der Waals surface area contributed by atoms with Crippen molar-refractivity contribution in [2.75, 3.05) is 0 Å². The Hall–Kier alpha value is -6.21. The summed E-state index contributed by atoms with van der Waals surface area (Å²) in [5, 5.41) is 22.6. The summed E-state index contributed by atoms with van der Waals surface area (Å²) in [4.78, 5) is 24.8. The predicted molar refractivity (Wildman–Crippen MR) is 229 cm³/mol. The molecule has 0 unspecified atom stereocenters. The molecule has 10 aromatic rings. The van der Waals surface area contributed by atoms with E-state index in [-0.39, 0.29) is 23.3 Å². The van der Waals surface area contributed by atoms with Gasteiger partial charge in [0.15, 0.2) is 17.5 Å². The molecule has 0 bridgehead atoms. The molecule has 0 spiro atoms. The SMILES string of the molecule is C.Clc1nc(-c2ccccc2)nc(-c2ccc3oc4ccccc4c3c2)n1.Clc1nc(Cl)nc(-c2ccccc2)n1.OB(O)c1ccc2oc3ccccc3c2c1. The molecule has 0 atom stereocenters. The first-order chi connectivity index (χ1) is 27.3. The molecule has 0 saturated carbocycles. The molecule has 0 aliphatic rings. The summed E-state index contributed by atoms with van der Waals surface area (Å²) in [7, 11) is -1.45. The van der Waals surface area contributed by atoms with Crippen LogP contribution in [0.15, 0.2) is 154 Å². The quantitative estimate of drug-likeness (QED) is 0.165. The van der Waals surface area contributed by atoms with Crippen molar-refractivity contribution < 1.29 is 18.9 Å². The fourth-order valence-corrected chi connectivity index (χ4v) is 6.53. The van der Waals surface area contributed by atoms with E-state index in [1.54, 1.807) is 18.2 Å². The number of aromatic nitrogens is 6. The lowest BCUT2D eigenvalue weighted by Gasteiger charge is -2.05. The Morgan fingerprint density at radius 2 is 0.789 bits per heavy atom. The smallest absolute Gasteiger partial charge is 0.456 e. The Morgan fingerprint density at radius 3 is 1.32 bits per heavy atom. The molecule has 10 nitrogen and oxygen atoms in total. The third kappa shape index (κ3) is 8.78. The van der Waals surface area contributed by atoms with Crippen LogP contribution < -0.4 is 5.46 Å². The minimum absolute atomic E-state index is 0. The van der Waals surface area contributed by atoms with Gasteiger partial charge in [-0.1, -0.05) is 117 Å². The number of halogens is 3. The zero-order valence-corrected chi connectivity index (χ0v) is 31.2. The normalized spacial score (nSPS) is 10.8. The molecule has 0 amide bonds. The van der Waals surface area contributed by atoms with E-state index in [0.717, 1.165) is 60.6 Å². The van der Waals surface area contributed by atoms with Crippen LogP contribution in [0.3, 0.4) is 0 Å². The van der Waals surface area contributed by atoms with Gasteiger partial charge in [0.05, 0.1) is 0 Å². The van der Waals surface area contributed by atoms with Crippen LogP contribution in [0.1, 0.15) is 7.43 Å². The first-order valence-electron chi connectivity index (χ1n) is 17.1. The fourth-order valence-electron chi connectivity index (χ4n) is 6.01. The molecule has 4 aromatic heterocycles. The monoisotopic (exact) mass is 810 g/mol. The van der Waals surface area contributed by atoms with Gasteiger partial charge in [-0.2, -0.15) is 24.9 Å². The van der Waals surface area contributed by atoms with E-state index in [1.165, 1.54) is 0 Å². The third-order valence-corrected chi connectivity index (χ3v) is 9.09. The molecule has 4 heterocycles. The van der Waals surface area contributed by atoms with Crippen molar-refractivity contribution in [1.82, 2.24) is 29.9 Å². The maximum atomic E-state index is 9.12. The predicted octanol–water partition coefficient (Wildman–Crippen LogP) is 10.5. The molecule has 57 heavy (non-hydrogen) atoms. The highest BCUT2D eigenvalue weighted by molar-refractivity contribution is 6.59. The van der Waals surface area contributed by atoms with Crippen LogP contribution in [-0.2, 0) is 0 Å². The molecule has 0 aliphatic heterocycles. The second kappa shape index (κ2) is 17.3. The van der Waals surface area contributed by atoms with Gasteiger partial charge in [0.2, 0.25) is 15.9 Å². The number of fused-ring (bicyclic) bond motifs is 6. The van der Waals surface area contributed by atoms with Gasteiger partial charge in [-0.3, -0.25) is 0 Å². The van der Waals surface area contributed by atoms with Gasteiger partial charge < -0.3 is 18.9 Å². The average molecular weight is 812 g/mol. The number of rotatable bonds is 4. The molecule has 14 heteroatoms. The van der Waals surface area contributed by atoms with Crippen molar-refractivity contribution in [3.8, 4) is 34.2 Å². The lowest BCUT2D eigenvalue weighted by Crippen LogP contribution is -2.29. The Morgan fingerprint density at radius 1 is 0.386 bits per heavy atom. The Balaban J connectivity index is 0.000000138. The van der Waals surface area contributed by atoms with Gasteiger partial charge in [-0.05, 0) is 76.7 Å². The Kier molecular flexibility index (Phi) is 11.8. The molecule has 0 fully saturated rings. The second-order valence-corrected chi connectivity index (χ2v) is 13.2. The van der Waals surface area contributed by atoms with E-state index in [0.29, 0.717) is 22.9 Å². The largest absolute Gasteiger partial charge is 0.488 e. The van der Waals surface area contributed by atoms with E-state index in [1.807, 2.05) is 127 Å². The zero-order valence-electron chi connectivity index (χ0n) is 29.0. The van der Waals surface area contributed by atoms with Crippen LogP contribution in [0.5, 0.6) is 0 Å². The minimum atomic E-state index is -1.45. The van der Waals surface area contributed by atoms with Crippen LogP contribution in [0.4, 0.5) is 0 Å². The van der Waals surface area contributed by atoms with Crippen molar-refractivity contribution in [1.29, 1.82) is 0 Å². The number of benzene rings is 6. The lowest BCUT2D eigenvalue weighted by molar-refractivity contribution is 0.426. The van der Waals surface area contributed by atoms with E-state index >= 15 is 0 Å². The molecule has 0 aliphatic carbocycles. The maximum Gasteiger partial charge on any atom is 0.488 e. The topological polar surface area (TPSA) is 144 Å². The lowest BCUT2D eigenvalue weighted by atomic mass is 9.80. The van der Waals surface area contributed by atoms with Crippen LogP contribution >= 0.6 is 34.8 Å². The fraction of sp³-hybridized carbons (Fsp3) is 0.0233. The maximum absolute atomic E-state index is 9.12. The van der Waals surface area contributed by atoms with E-state index < -0.39 is 7.12 Å². The Bertz CT molecular complexity index is 2950. The van der Waals surface area contributed by atoms with E-state index in [4.69, 9.17) is 53.7 Å². The summed E-state index contributed by atoms with van der Waals surface area (Å²) in [5.41, 5.74) is 6.35. The molecule has 10 rings (SSSR count). The van der Waals surface area contributed by atoms with Gasteiger partial charge in [0, 0.05) is 38.2 Å². The third-order valence-electron chi connectivity index (χ3n) is 8.59. The molecular weight excluding hydrogens is 782 g/mol.